The van der Waals surface area contributed by atoms with E-state index in [0.717, 1.165) is 26.0 Å². The van der Waals surface area contributed by atoms with Crippen molar-refractivity contribution in [3.8, 4) is 11.4 Å². The van der Waals surface area contributed by atoms with Crippen molar-refractivity contribution in [3.05, 3.63) is 43.5 Å². The predicted octanol–water partition coefficient (Wildman–Crippen LogP) is 4.64. The van der Waals surface area contributed by atoms with Crippen LogP contribution < -0.4 is 0 Å². The lowest BCUT2D eigenvalue weighted by atomic mass is 10.2. The number of aromatic nitrogens is 2. The highest BCUT2D eigenvalue weighted by molar-refractivity contribution is 9.10. The fourth-order valence-electron chi connectivity index (χ4n) is 1.34. The first-order chi connectivity index (χ1) is 7.58. The minimum atomic E-state index is 0.575. The number of benzene rings is 1. The van der Waals surface area contributed by atoms with Gasteiger partial charge in [0.15, 0.2) is 0 Å². The lowest BCUT2D eigenvalue weighted by Gasteiger charge is -2.05. The van der Waals surface area contributed by atoms with Crippen LogP contribution in [-0.2, 0) is 0 Å². The molecule has 0 fully saturated rings. The second-order valence-corrected chi connectivity index (χ2v) is 5.44. The Morgan fingerprint density at radius 1 is 1.31 bits per heavy atom. The fourth-order valence-corrected chi connectivity index (χ4v) is 2.18. The Morgan fingerprint density at radius 3 is 2.69 bits per heavy atom. The summed E-state index contributed by atoms with van der Waals surface area (Å²) in [4.78, 5) is 7.55. The highest BCUT2D eigenvalue weighted by atomic mass is 79.9. The van der Waals surface area contributed by atoms with E-state index in [4.69, 9.17) is 12.2 Å². The smallest absolute Gasteiger partial charge is 0.144 e. The summed E-state index contributed by atoms with van der Waals surface area (Å²) in [5.74, 6) is 0.784. The summed E-state index contributed by atoms with van der Waals surface area (Å²) >= 11 is 12.0. The average Bonchev–Trinajstić information content (AvgIpc) is 2.25. The molecule has 0 aliphatic heterocycles. The molecular formula is C11H8Br2N2S. The molecule has 1 aromatic heterocycles. The first-order valence-electron chi connectivity index (χ1n) is 4.60. The van der Waals surface area contributed by atoms with E-state index < -0.39 is 0 Å². The summed E-state index contributed by atoms with van der Waals surface area (Å²) in [7, 11) is 0. The summed E-state index contributed by atoms with van der Waals surface area (Å²) < 4.78 is 2.44. The predicted molar refractivity (Wildman–Crippen MR) is 75.0 cm³/mol. The van der Waals surface area contributed by atoms with Gasteiger partial charge in [-0.05, 0) is 35.0 Å². The van der Waals surface area contributed by atoms with Crippen LogP contribution in [0.5, 0.6) is 0 Å². The molecule has 16 heavy (non-hydrogen) atoms. The molecule has 0 unspecified atom stereocenters. The van der Waals surface area contributed by atoms with Gasteiger partial charge in [0.1, 0.15) is 10.5 Å². The van der Waals surface area contributed by atoms with Crippen molar-refractivity contribution < 1.29 is 0 Å². The van der Waals surface area contributed by atoms with Crippen LogP contribution in [0.15, 0.2) is 33.2 Å². The maximum absolute atomic E-state index is 5.17. The van der Waals surface area contributed by atoms with Crippen molar-refractivity contribution in [3.63, 3.8) is 0 Å². The highest BCUT2D eigenvalue weighted by Gasteiger charge is 2.04. The van der Waals surface area contributed by atoms with Gasteiger partial charge in [0.25, 0.3) is 0 Å². The van der Waals surface area contributed by atoms with E-state index in [1.165, 1.54) is 0 Å². The van der Waals surface area contributed by atoms with Crippen LogP contribution in [0.2, 0.25) is 0 Å². The molecular weight excluding hydrogens is 352 g/mol. The van der Waals surface area contributed by atoms with Gasteiger partial charge in [-0.1, -0.05) is 40.3 Å². The molecule has 0 spiro atoms. The zero-order valence-corrected chi connectivity index (χ0v) is 12.4. The van der Waals surface area contributed by atoms with Crippen LogP contribution >= 0.6 is 44.1 Å². The van der Waals surface area contributed by atoms with Crippen molar-refractivity contribution in [2.24, 2.45) is 0 Å². The van der Waals surface area contributed by atoms with Crippen molar-refractivity contribution in [1.29, 1.82) is 0 Å². The minimum absolute atomic E-state index is 0.575. The molecule has 0 saturated carbocycles. The van der Waals surface area contributed by atoms with E-state index in [-0.39, 0.29) is 0 Å². The average molecular weight is 360 g/mol. The van der Waals surface area contributed by atoms with E-state index in [9.17, 15) is 0 Å². The summed E-state index contributed by atoms with van der Waals surface area (Å²) in [5, 5.41) is 0. The SMILES string of the molecule is Cc1[nH]c(-c2cccc(Br)c2)nc(=S)c1Br. The lowest BCUT2D eigenvalue weighted by molar-refractivity contribution is 1.08. The van der Waals surface area contributed by atoms with Gasteiger partial charge >= 0.3 is 0 Å². The fraction of sp³-hybridized carbons (Fsp3) is 0.0909. The minimum Gasteiger partial charge on any atom is -0.342 e. The molecule has 2 rings (SSSR count). The number of rotatable bonds is 1. The quantitative estimate of drug-likeness (QED) is 0.751. The van der Waals surface area contributed by atoms with Gasteiger partial charge in [0.2, 0.25) is 0 Å². The van der Waals surface area contributed by atoms with E-state index >= 15 is 0 Å². The molecule has 2 aromatic rings. The molecule has 1 N–H and O–H groups in total. The van der Waals surface area contributed by atoms with Crippen molar-refractivity contribution in [2.45, 2.75) is 6.92 Å². The van der Waals surface area contributed by atoms with Gasteiger partial charge in [0, 0.05) is 15.7 Å². The zero-order chi connectivity index (χ0) is 11.7. The monoisotopic (exact) mass is 358 g/mol. The van der Waals surface area contributed by atoms with Gasteiger partial charge in [-0.3, -0.25) is 0 Å². The number of hydrogen-bond acceptors (Lipinski definition) is 2. The van der Waals surface area contributed by atoms with Gasteiger partial charge < -0.3 is 4.98 Å². The molecule has 0 aliphatic carbocycles. The second kappa shape index (κ2) is 4.77. The number of nitrogens with one attached hydrogen (secondary N) is 1. The molecule has 82 valence electrons. The van der Waals surface area contributed by atoms with Crippen LogP contribution in [0.25, 0.3) is 11.4 Å². The van der Waals surface area contributed by atoms with Crippen molar-refractivity contribution >= 4 is 44.1 Å². The molecule has 0 saturated heterocycles. The second-order valence-electron chi connectivity index (χ2n) is 3.34. The molecule has 0 bridgehead atoms. The number of aryl methyl sites for hydroxylation is 1. The first-order valence-corrected chi connectivity index (χ1v) is 6.59. The summed E-state index contributed by atoms with van der Waals surface area (Å²) in [6, 6.07) is 7.94. The number of aromatic amines is 1. The van der Waals surface area contributed by atoms with E-state index in [0.29, 0.717) is 4.64 Å². The Kier molecular flexibility index (Phi) is 3.56. The third-order valence-electron chi connectivity index (χ3n) is 2.13. The van der Waals surface area contributed by atoms with Crippen LogP contribution in [0.4, 0.5) is 0 Å². The van der Waals surface area contributed by atoms with Crippen LogP contribution in [0.3, 0.4) is 0 Å². The lowest BCUT2D eigenvalue weighted by Crippen LogP contribution is -1.94. The Morgan fingerprint density at radius 2 is 2.06 bits per heavy atom. The van der Waals surface area contributed by atoms with Crippen LogP contribution in [0.1, 0.15) is 5.69 Å². The third kappa shape index (κ3) is 2.42. The molecule has 0 radical (unpaired) electrons. The number of H-pyrrole nitrogens is 1. The normalized spacial score (nSPS) is 10.4. The summed E-state index contributed by atoms with van der Waals surface area (Å²) in [6.45, 7) is 1.96. The number of nitrogens with zero attached hydrogens (tertiary/aromatic N) is 1. The third-order valence-corrected chi connectivity index (χ3v) is 4.16. The van der Waals surface area contributed by atoms with Gasteiger partial charge in [-0.15, -0.1) is 0 Å². The Balaban J connectivity index is 2.61. The Bertz CT molecular complexity index is 593. The first kappa shape index (κ1) is 12.0. The highest BCUT2D eigenvalue weighted by Crippen LogP contribution is 2.22. The molecule has 0 aliphatic rings. The topological polar surface area (TPSA) is 28.7 Å². The van der Waals surface area contributed by atoms with Crippen molar-refractivity contribution in [1.82, 2.24) is 9.97 Å². The molecule has 5 heteroatoms. The van der Waals surface area contributed by atoms with Crippen LogP contribution in [-0.4, -0.2) is 9.97 Å². The van der Waals surface area contributed by atoms with Gasteiger partial charge in [0.05, 0.1) is 4.47 Å². The Labute approximate surface area is 115 Å². The number of halogens is 2. The maximum atomic E-state index is 5.17. The van der Waals surface area contributed by atoms with Crippen molar-refractivity contribution in [2.75, 3.05) is 0 Å². The van der Waals surface area contributed by atoms with E-state index in [2.05, 4.69) is 41.8 Å². The standard InChI is InChI=1S/C11H8Br2N2S/c1-6-9(13)11(16)15-10(14-6)7-3-2-4-8(12)5-7/h2-5H,1H3,(H,14,15,16). The molecule has 1 heterocycles. The largest absolute Gasteiger partial charge is 0.342 e. The summed E-state index contributed by atoms with van der Waals surface area (Å²) in [6.07, 6.45) is 0. The molecule has 1 aromatic carbocycles. The summed E-state index contributed by atoms with van der Waals surface area (Å²) in [5.41, 5.74) is 1.99. The van der Waals surface area contributed by atoms with E-state index in [1.807, 2.05) is 31.2 Å². The Hall–Kier alpha value is -0.520. The van der Waals surface area contributed by atoms with Gasteiger partial charge in [-0.2, -0.15) is 0 Å². The van der Waals surface area contributed by atoms with Gasteiger partial charge in [-0.25, -0.2) is 4.98 Å². The van der Waals surface area contributed by atoms with Crippen LogP contribution in [0, 0.1) is 11.6 Å². The molecule has 0 atom stereocenters. The molecule has 2 nitrogen and oxygen atoms in total. The maximum Gasteiger partial charge on any atom is 0.144 e. The number of hydrogen-bond donors (Lipinski definition) is 1. The zero-order valence-electron chi connectivity index (χ0n) is 8.42. The van der Waals surface area contributed by atoms with E-state index in [1.54, 1.807) is 0 Å². The molecule has 0 amide bonds.